The molecule has 0 unspecified atom stereocenters. The summed E-state index contributed by atoms with van der Waals surface area (Å²) in [7, 11) is 0. The van der Waals surface area contributed by atoms with Gasteiger partial charge in [-0.2, -0.15) is 0 Å². The average molecular weight is 338 g/mol. The maximum atomic E-state index is 5.41. The standard InChI is InChI=1S/C13H23IO2/c1-11(9-12(2)10-14)5-3-4-6-13-15-7-8-16-13/h10-11,13H,3-9H2,1-2H3/b12-10+/t11-/m1/s1. The highest BCUT2D eigenvalue weighted by atomic mass is 127. The molecule has 0 amide bonds. The van der Waals surface area contributed by atoms with Gasteiger partial charge < -0.3 is 9.47 Å². The van der Waals surface area contributed by atoms with Crippen LogP contribution in [0, 0.1) is 5.92 Å². The van der Waals surface area contributed by atoms with Crippen molar-refractivity contribution >= 4 is 22.6 Å². The fourth-order valence-electron chi connectivity index (χ4n) is 2.07. The lowest BCUT2D eigenvalue weighted by molar-refractivity contribution is -0.0481. The molecule has 0 saturated carbocycles. The van der Waals surface area contributed by atoms with Crippen molar-refractivity contribution in [1.29, 1.82) is 0 Å². The Morgan fingerprint density at radius 2 is 2.06 bits per heavy atom. The van der Waals surface area contributed by atoms with Gasteiger partial charge >= 0.3 is 0 Å². The van der Waals surface area contributed by atoms with Gasteiger partial charge in [0.2, 0.25) is 0 Å². The van der Waals surface area contributed by atoms with E-state index in [4.69, 9.17) is 9.47 Å². The molecule has 0 aliphatic carbocycles. The molecule has 0 aromatic carbocycles. The van der Waals surface area contributed by atoms with Gasteiger partial charge in [0.15, 0.2) is 6.29 Å². The second kappa shape index (κ2) is 8.48. The molecule has 2 nitrogen and oxygen atoms in total. The summed E-state index contributed by atoms with van der Waals surface area (Å²) in [6.45, 7) is 6.11. The minimum absolute atomic E-state index is 0.0892. The average Bonchev–Trinajstić information content (AvgIpc) is 2.77. The molecular weight excluding hydrogens is 315 g/mol. The van der Waals surface area contributed by atoms with Crippen LogP contribution >= 0.6 is 22.6 Å². The third-order valence-electron chi connectivity index (χ3n) is 2.93. The van der Waals surface area contributed by atoms with Gasteiger partial charge in [-0.05, 0) is 36.2 Å². The molecule has 1 aliphatic heterocycles. The molecular formula is C13H23IO2. The van der Waals surface area contributed by atoms with Gasteiger partial charge in [0.25, 0.3) is 0 Å². The van der Waals surface area contributed by atoms with Crippen LogP contribution in [0.15, 0.2) is 9.66 Å². The molecule has 0 spiro atoms. The Hall–Kier alpha value is 0.390. The molecule has 1 rings (SSSR count). The Balaban J connectivity index is 1.97. The quantitative estimate of drug-likeness (QED) is 0.509. The van der Waals surface area contributed by atoms with Gasteiger partial charge in [0.05, 0.1) is 13.2 Å². The van der Waals surface area contributed by atoms with Crippen molar-refractivity contribution in [3.8, 4) is 0 Å². The summed E-state index contributed by atoms with van der Waals surface area (Å²) in [5, 5.41) is 0. The highest BCUT2D eigenvalue weighted by molar-refractivity contribution is 14.1. The molecule has 94 valence electrons. The van der Waals surface area contributed by atoms with Gasteiger partial charge in [-0.25, -0.2) is 0 Å². The Bertz CT molecular complexity index is 210. The van der Waals surface area contributed by atoms with E-state index < -0.39 is 0 Å². The maximum Gasteiger partial charge on any atom is 0.157 e. The number of unbranched alkanes of at least 4 members (excludes halogenated alkanes) is 1. The monoisotopic (exact) mass is 338 g/mol. The first kappa shape index (κ1) is 14.5. The molecule has 3 heteroatoms. The smallest absolute Gasteiger partial charge is 0.157 e. The van der Waals surface area contributed by atoms with E-state index in [1.54, 1.807) is 0 Å². The van der Waals surface area contributed by atoms with Crippen LogP contribution in [0.2, 0.25) is 0 Å². The lowest BCUT2D eigenvalue weighted by Gasteiger charge is -2.12. The van der Waals surface area contributed by atoms with Crippen molar-refractivity contribution in [1.82, 2.24) is 0 Å². The number of allylic oxidation sites excluding steroid dienone is 1. The Morgan fingerprint density at radius 1 is 1.38 bits per heavy atom. The van der Waals surface area contributed by atoms with Crippen molar-refractivity contribution in [3.63, 3.8) is 0 Å². The topological polar surface area (TPSA) is 18.5 Å². The SMILES string of the molecule is C/C(=C\I)C[C@H](C)CCCCC1OCCO1. The summed E-state index contributed by atoms with van der Waals surface area (Å²) in [5.74, 6) is 0.802. The van der Waals surface area contributed by atoms with E-state index in [-0.39, 0.29) is 6.29 Å². The lowest BCUT2D eigenvalue weighted by Crippen LogP contribution is -2.07. The number of halogens is 1. The van der Waals surface area contributed by atoms with Crippen molar-refractivity contribution in [2.45, 2.75) is 52.2 Å². The van der Waals surface area contributed by atoms with Crippen LogP contribution in [0.4, 0.5) is 0 Å². The summed E-state index contributed by atoms with van der Waals surface area (Å²) in [6.07, 6.45) is 6.22. The van der Waals surface area contributed by atoms with E-state index in [0.717, 1.165) is 25.6 Å². The number of hydrogen-bond acceptors (Lipinski definition) is 2. The summed E-state index contributed by atoms with van der Waals surface area (Å²) >= 11 is 2.32. The summed E-state index contributed by atoms with van der Waals surface area (Å²) < 4.78 is 13.0. The molecule has 0 aromatic rings. The summed E-state index contributed by atoms with van der Waals surface area (Å²) in [5.41, 5.74) is 1.50. The lowest BCUT2D eigenvalue weighted by atomic mass is 9.97. The normalized spacial score (nSPS) is 20.3. The molecule has 1 aliphatic rings. The predicted molar refractivity (Wildman–Crippen MR) is 75.7 cm³/mol. The van der Waals surface area contributed by atoms with Crippen LogP contribution in [-0.4, -0.2) is 19.5 Å². The Morgan fingerprint density at radius 3 is 2.69 bits per heavy atom. The molecule has 0 N–H and O–H groups in total. The third kappa shape index (κ3) is 6.21. The van der Waals surface area contributed by atoms with Crippen LogP contribution in [0.1, 0.15) is 46.0 Å². The molecule has 1 fully saturated rings. The van der Waals surface area contributed by atoms with Crippen molar-refractivity contribution < 1.29 is 9.47 Å². The largest absolute Gasteiger partial charge is 0.350 e. The fourth-order valence-corrected chi connectivity index (χ4v) is 2.33. The first-order chi connectivity index (χ1) is 7.72. The number of ether oxygens (including phenoxy) is 2. The maximum absolute atomic E-state index is 5.41. The molecule has 16 heavy (non-hydrogen) atoms. The predicted octanol–water partition coefficient (Wildman–Crippen LogP) is 4.28. The van der Waals surface area contributed by atoms with Crippen molar-refractivity contribution in [2.24, 2.45) is 5.92 Å². The summed E-state index contributed by atoms with van der Waals surface area (Å²) in [4.78, 5) is 0. The van der Waals surface area contributed by atoms with Crippen LogP contribution < -0.4 is 0 Å². The van der Waals surface area contributed by atoms with E-state index in [2.05, 4.69) is 40.5 Å². The van der Waals surface area contributed by atoms with E-state index in [1.807, 2.05) is 0 Å². The minimum atomic E-state index is 0.0892. The molecule has 1 saturated heterocycles. The van der Waals surface area contributed by atoms with Gasteiger partial charge in [-0.1, -0.05) is 47.9 Å². The first-order valence-electron chi connectivity index (χ1n) is 6.21. The zero-order chi connectivity index (χ0) is 11.8. The molecule has 0 radical (unpaired) electrons. The zero-order valence-corrected chi connectivity index (χ0v) is 12.5. The number of hydrogen-bond donors (Lipinski definition) is 0. The van der Waals surface area contributed by atoms with Gasteiger partial charge in [0, 0.05) is 0 Å². The van der Waals surface area contributed by atoms with E-state index in [1.165, 1.54) is 31.3 Å². The van der Waals surface area contributed by atoms with Crippen molar-refractivity contribution in [3.05, 3.63) is 9.66 Å². The number of rotatable bonds is 7. The van der Waals surface area contributed by atoms with E-state index in [9.17, 15) is 0 Å². The highest BCUT2D eigenvalue weighted by Gasteiger charge is 2.14. The van der Waals surface area contributed by atoms with E-state index in [0.29, 0.717) is 0 Å². The fraction of sp³-hybridized carbons (Fsp3) is 0.846. The van der Waals surface area contributed by atoms with Gasteiger partial charge in [-0.15, -0.1) is 0 Å². The Labute approximate surface area is 113 Å². The van der Waals surface area contributed by atoms with Crippen LogP contribution in [0.3, 0.4) is 0 Å². The third-order valence-corrected chi connectivity index (χ3v) is 4.00. The second-order valence-corrected chi connectivity index (χ2v) is 5.34. The molecule has 0 bridgehead atoms. The Kier molecular flexibility index (Phi) is 7.66. The van der Waals surface area contributed by atoms with Gasteiger partial charge in [-0.3, -0.25) is 0 Å². The van der Waals surface area contributed by atoms with E-state index >= 15 is 0 Å². The zero-order valence-electron chi connectivity index (χ0n) is 10.4. The van der Waals surface area contributed by atoms with Crippen LogP contribution in [0.25, 0.3) is 0 Å². The van der Waals surface area contributed by atoms with Crippen LogP contribution in [0.5, 0.6) is 0 Å². The van der Waals surface area contributed by atoms with Gasteiger partial charge in [0.1, 0.15) is 0 Å². The first-order valence-corrected chi connectivity index (χ1v) is 7.46. The van der Waals surface area contributed by atoms with Crippen molar-refractivity contribution in [2.75, 3.05) is 13.2 Å². The minimum Gasteiger partial charge on any atom is -0.350 e. The van der Waals surface area contributed by atoms with Crippen LogP contribution in [-0.2, 0) is 9.47 Å². The highest BCUT2D eigenvalue weighted by Crippen LogP contribution is 2.20. The molecule has 1 heterocycles. The molecule has 1 atom stereocenters. The molecule has 0 aromatic heterocycles. The summed E-state index contributed by atoms with van der Waals surface area (Å²) in [6, 6.07) is 0. The second-order valence-electron chi connectivity index (χ2n) is 4.72.